The Labute approximate surface area is 74.3 Å². The van der Waals surface area contributed by atoms with Gasteiger partial charge in [0.2, 0.25) is 12.5 Å². The van der Waals surface area contributed by atoms with Crippen molar-refractivity contribution in [2.75, 3.05) is 0 Å². The number of carbonyl (C=O) groups is 2. The molecule has 1 fully saturated rings. The van der Waals surface area contributed by atoms with Crippen LogP contribution in [0.2, 0.25) is 0 Å². The molecule has 13 heavy (non-hydrogen) atoms. The first-order valence-corrected chi connectivity index (χ1v) is 3.71. The summed E-state index contributed by atoms with van der Waals surface area (Å²) >= 11 is 0. The van der Waals surface area contributed by atoms with Gasteiger partial charge in [0.15, 0.2) is 0 Å². The van der Waals surface area contributed by atoms with Crippen molar-refractivity contribution in [3.8, 4) is 0 Å². The van der Waals surface area contributed by atoms with Crippen LogP contribution in [0.25, 0.3) is 0 Å². The van der Waals surface area contributed by atoms with Crippen LogP contribution in [0.15, 0.2) is 12.2 Å². The van der Waals surface area contributed by atoms with E-state index in [1.165, 1.54) is 6.92 Å². The Hall–Kier alpha value is -1.39. The van der Waals surface area contributed by atoms with E-state index in [0.29, 0.717) is 0 Å². The molecule has 0 spiro atoms. The van der Waals surface area contributed by atoms with Gasteiger partial charge in [-0.1, -0.05) is 6.58 Å². The lowest BCUT2D eigenvalue weighted by atomic mass is 10.3. The molecule has 5 heteroatoms. The third kappa shape index (κ3) is 2.27. The largest absolute Gasteiger partial charge is 0.447 e. The van der Waals surface area contributed by atoms with Crippen LogP contribution in [0.1, 0.15) is 13.3 Å². The lowest BCUT2D eigenvalue weighted by Gasteiger charge is -2.06. The molecule has 0 amide bonds. The van der Waals surface area contributed by atoms with E-state index in [0.717, 1.165) is 0 Å². The molecular weight excluding hydrogens is 179 g/mol. The second-order valence-electron chi connectivity index (χ2n) is 2.76. The van der Waals surface area contributed by atoms with Crippen molar-refractivity contribution in [1.82, 2.24) is 0 Å². The van der Waals surface area contributed by atoms with Crippen molar-refractivity contribution in [2.24, 2.45) is 0 Å². The standard InChI is InChI=1S/C8H9FO4/c1-4(2)7(10)12-5-3-6(9)13-8(5)11/h5-6H,1,3H2,2H3. The number of cyclic esters (lactones) is 1. The van der Waals surface area contributed by atoms with Gasteiger partial charge in [-0.25, -0.2) is 14.0 Å². The number of hydrogen-bond acceptors (Lipinski definition) is 4. The topological polar surface area (TPSA) is 52.6 Å². The van der Waals surface area contributed by atoms with E-state index in [-0.39, 0.29) is 12.0 Å². The fraction of sp³-hybridized carbons (Fsp3) is 0.500. The van der Waals surface area contributed by atoms with Crippen molar-refractivity contribution in [1.29, 1.82) is 0 Å². The monoisotopic (exact) mass is 188 g/mol. The second kappa shape index (κ2) is 3.55. The number of alkyl halides is 1. The molecule has 0 N–H and O–H groups in total. The highest BCUT2D eigenvalue weighted by Crippen LogP contribution is 2.19. The van der Waals surface area contributed by atoms with Gasteiger partial charge in [0.05, 0.1) is 6.42 Å². The van der Waals surface area contributed by atoms with E-state index < -0.39 is 24.4 Å². The minimum Gasteiger partial charge on any atom is -0.447 e. The Balaban J connectivity index is 2.51. The molecule has 0 saturated carbocycles. The average Bonchev–Trinajstić information content (AvgIpc) is 2.30. The summed E-state index contributed by atoms with van der Waals surface area (Å²) < 4.78 is 21.2. The zero-order valence-electron chi connectivity index (χ0n) is 7.08. The predicted molar refractivity (Wildman–Crippen MR) is 40.3 cm³/mol. The number of carbonyl (C=O) groups excluding carboxylic acids is 2. The Bertz CT molecular complexity index is 261. The molecule has 0 bridgehead atoms. The summed E-state index contributed by atoms with van der Waals surface area (Å²) in [6, 6.07) is 0. The molecule has 4 nitrogen and oxygen atoms in total. The zero-order valence-corrected chi connectivity index (χ0v) is 7.08. The van der Waals surface area contributed by atoms with Crippen molar-refractivity contribution < 1.29 is 23.5 Å². The Morgan fingerprint density at radius 3 is 2.77 bits per heavy atom. The Morgan fingerprint density at radius 2 is 2.38 bits per heavy atom. The van der Waals surface area contributed by atoms with Gasteiger partial charge >= 0.3 is 11.9 Å². The Kier molecular flexibility index (Phi) is 2.65. The van der Waals surface area contributed by atoms with Crippen LogP contribution in [-0.4, -0.2) is 24.4 Å². The Morgan fingerprint density at radius 1 is 1.77 bits per heavy atom. The molecule has 0 radical (unpaired) electrons. The predicted octanol–water partition coefficient (Wildman–Crippen LogP) is 0.717. The molecule has 1 aliphatic rings. The molecular formula is C8H9FO4. The van der Waals surface area contributed by atoms with Crippen LogP contribution in [0.4, 0.5) is 4.39 Å². The van der Waals surface area contributed by atoms with E-state index in [1.807, 2.05) is 0 Å². The summed E-state index contributed by atoms with van der Waals surface area (Å²) in [4.78, 5) is 21.7. The molecule has 1 saturated heterocycles. The quantitative estimate of drug-likeness (QED) is 0.473. The summed E-state index contributed by atoms with van der Waals surface area (Å²) in [5.74, 6) is -1.56. The van der Waals surface area contributed by atoms with Crippen molar-refractivity contribution in [3.63, 3.8) is 0 Å². The molecule has 2 unspecified atom stereocenters. The van der Waals surface area contributed by atoms with Gasteiger partial charge in [-0.15, -0.1) is 0 Å². The maximum Gasteiger partial charge on any atom is 0.350 e. The van der Waals surface area contributed by atoms with Crippen molar-refractivity contribution in [3.05, 3.63) is 12.2 Å². The first kappa shape index (κ1) is 9.70. The molecule has 1 aliphatic heterocycles. The van der Waals surface area contributed by atoms with Crippen LogP contribution in [0, 0.1) is 0 Å². The highest BCUT2D eigenvalue weighted by atomic mass is 19.1. The molecule has 0 aromatic carbocycles. The summed E-state index contributed by atoms with van der Waals surface area (Å²) in [5.41, 5.74) is 0.162. The van der Waals surface area contributed by atoms with Gasteiger partial charge in [0.25, 0.3) is 0 Å². The lowest BCUT2D eigenvalue weighted by Crippen LogP contribution is -2.22. The number of halogens is 1. The van der Waals surface area contributed by atoms with E-state index >= 15 is 0 Å². The molecule has 0 aromatic heterocycles. The number of ether oxygens (including phenoxy) is 2. The van der Waals surface area contributed by atoms with Crippen molar-refractivity contribution >= 4 is 11.9 Å². The molecule has 1 heterocycles. The van der Waals surface area contributed by atoms with E-state index in [4.69, 9.17) is 0 Å². The van der Waals surface area contributed by atoms with E-state index in [2.05, 4.69) is 16.1 Å². The number of esters is 2. The minimum atomic E-state index is -1.67. The molecule has 1 rings (SSSR count). The van der Waals surface area contributed by atoms with Crippen LogP contribution in [-0.2, 0) is 19.1 Å². The normalized spacial score (nSPS) is 26.8. The smallest absolute Gasteiger partial charge is 0.350 e. The SMILES string of the molecule is C=C(C)C(=O)OC1CC(F)OC1=O. The number of rotatable bonds is 2. The summed E-state index contributed by atoms with van der Waals surface area (Å²) in [6.07, 6.45) is -3.03. The minimum absolute atomic E-state index is 0.162. The fourth-order valence-electron chi connectivity index (χ4n) is 0.841. The average molecular weight is 188 g/mol. The fourth-order valence-corrected chi connectivity index (χ4v) is 0.841. The van der Waals surface area contributed by atoms with Crippen molar-refractivity contribution in [2.45, 2.75) is 25.8 Å². The maximum absolute atomic E-state index is 12.4. The van der Waals surface area contributed by atoms with Crippen LogP contribution < -0.4 is 0 Å². The highest BCUT2D eigenvalue weighted by molar-refractivity contribution is 5.89. The third-order valence-electron chi connectivity index (χ3n) is 1.50. The van der Waals surface area contributed by atoms with E-state index in [9.17, 15) is 14.0 Å². The highest BCUT2D eigenvalue weighted by Gasteiger charge is 2.37. The van der Waals surface area contributed by atoms with E-state index in [1.54, 1.807) is 0 Å². The van der Waals surface area contributed by atoms with Gasteiger partial charge in [0.1, 0.15) is 0 Å². The number of hydrogen-bond donors (Lipinski definition) is 0. The van der Waals surface area contributed by atoms with Gasteiger partial charge in [-0.05, 0) is 6.92 Å². The molecule has 72 valence electrons. The summed E-state index contributed by atoms with van der Waals surface area (Å²) in [6.45, 7) is 4.76. The lowest BCUT2D eigenvalue weighted by molar-refractivity contribution is -0.160. The summed E-state index contributed by atoms with van der Waals surface area (Å²) in [5, 5.41) is 0. The van der Waals surface area contributed by atoms with Gasteiger partial charge in [-0.2, -0.15) is 0 Å². The maximum atomic E-state index is 12.4. The third-order valence-corrected chi connectivity index (χ3v) is 1.50. The summed E-state index contributed by atoms with van der Waals surface area (Å²) in [7, 11) is 0. The first-order valence-electron chi connectivity index (χ1n) is 3.71. The molecule has 0 aromatic rings. The van der Waals surface area contributed by atoms with Gasteiger partial charge < -0.3 is 9.47 Å². The van der Waals surface area contributed by atoms with Crippen LogP contribution in [0.5, 0.6) is 0 Å². The first-order chi connectivity index (χ1) is 6.00. The van der Waals surface area contributed by atoms with Crippen LogP contribution in [0.3, 0.4) is 0 Å². The van der Waals surface area contributed by atoms with Gasteiger partial charge in [-0.3, -0.25) is 0 Å². The van der Waals surface area contributed by atoms with Gasteiger partial charge in [0, 0.05) is 5.57 Å². The second-order valence-corrected chi connectivity index (χ2v) is 2.76. The molecule has 0 aliphatic carbocycles. The van der Waals surface area contributed by atoms with Crippen LogP contribution >= 0.6 is 0 Å². The zero-order chi connectivity index (χ0) is 10.0. The molecule has 2 atom stereocenters.